The summed E-state index contributed by atoms with van der Waals surface area (Å²) in [5.41, 5.74) is 3.37. The van der Waals surface area contributed by atoms with Crippen molar-refractivity contribution in [2.45, 2.75) is 44.9 Å². The molecule has 0 saturated heterocycles. The smallest absolute Gasteiger partial charge is 0.164 e. The molecule has 170 valence electrons. The number of hydrogen-bond donors (Lipinski definition) is 0. The maximum absolute atomic E-state index is 12.0. The van der Waals surface area contributed by atoms with E-state index in [1.54, 1.807) is 21.3 Å². The molecule has 31 heavy (non-hydrogen) atoms. The Hall–Kier alpha value is -2.53. The molecule has 5 nitrogen and oxygen atoms in total. The fraction of sp³-hybridized carbons (Fsp3) is 0.500. The van der Waals surface area contributed by atoms with Gasteiger partial charge in [0.25, 0.3) is 0 Å². The van der Waals surface area contributed by atoms with Crippen molar-refractivity contribution in [3.05, 3.63) is 53.1 Å². The second kappa shape index (κ2) is 12.4. The van der Waals surface area contributed by atoms with Crippen LogP contribution in [0.1, 0.15) is 55.2 Å². The van der Waals surface area contributed by atoms with Crippen molar-refractivity contribution in [2.75, 3.05) is 41.5 Å². The average molecular weight is 428 g/mol. The zero-order chi connectivity index (χ0) is 22.8. The molecule has 0 unspecified atom stereocenters. The van der Waals surface area contributed by atoms with Gasteiger partial charge in [-0.05, 0) is 68.1 Å². The van der Waals surface area contributed by atoms with Crippen LogP contribution in [0, 0.1) is 0 Å². The van der Waals surface area contributed by atoms with E-state index in [2.05, 4.69) is 37.9 Å². The summed E-state index contributed by atoms with van der Waals surface area (Å²) in [5.74, 6) is 2.41. The number of likely N-dealkylation sites (N-methyl/N-ethyl adjacent to an activating group) is 1. The van der Waals surface area contributed by atoms with Crippen molar-refractivity contribution in [1.82, 2.24) is 4.90 Å². The van der Waals surface area contributed by atoms with E-state index in [0.29, 0.717) is 5.75 Å². The van der Waals surface area contributed by atoms with E-state index in [1.807, 2.05) is 24.3 Å². The first-order valence-electron chi connectivity index (χ1n) is 11.0. The molecular formula is C26H37NO4. The summed E-state index contributed by atoms with van der Waals surface area (Å²) in [7, 11) is 7.12. The van der Waals surface area contributed by atoms with E-state index in [0.717, 1.165) is 61.3 Å². The van der Waals surface area contributed by atoms with Gasteiger partial charge in [-0.15, -0.1) is 0 Å². The van der Waals surface area contributed by atoms with Gasteiger partial charge in [0.15, 0.2) is 11.5 Å². The Bertz CT molecular complexity index is 834. The highest BCUT2D eigenvalue weighted by Crippen LogP contribution is 2.41. The van der Waals surface area contributed by atoms with E-state index >= 15 is 0 Å². The Morgan fingerprint density at radius 3 is 2.39 bits per heavy atom. The second-order valence-electron chi connectivity index (χ2n) is 8.25. The van der Waals surface area contributed by atoms with Crippen LogP contribution in [0.5, 0.6) is 17.2 Å². The molecule has 2 aromatic carbocycles. The molecule has 0 N–H and O–H groups in total. The number of rotatable bonds is 13. The number of carbonyl (C=O) groups excluding carboxylic acids is 1. The number of aldehydes is 1. The predicted octanol–water partition coefficient (Wildman–Crippen LogP) is 5.07. The molecule has 0 radical (unpaired) electrons. The van der Waals surface area contributed by atoms with E-state index in [4.69, 9.17) is 14.2 Å². The lowest BCUT2D eigenvalue weighted by molar-refractivity contribution is -0.109. The van der Waals surface area contributed by atoms with E-state index in [1.165, 1.54) is 5.56 Å². The first-order chi connectivity index (χ1) is 14.9. The summed E-state index contributed by atoms with van der Waals surface area (Å²) in [4.78, 5) is 14.3. The molecule has 0 aliphatic rings. The van der Waals surface area contributed by atoms with Crippen molar-refractivity contribution in [2.24, 2.45) is 0 Å². The van der Waals surface area contributed by atoms with Gasteiger partial charge >= 0.3 is 0 Å². The van der Waals surface area contributed by atoms with Crippen molar-refractivity contribution in [3.8, 4) is 17.2 Å². The van der Waals surface area contributed by atoms with Gasteiger partial charge in [-0.3, -0.25) is 0 Å². The van der Waals surface area contributed by atoms with Gasteiger partial charge in [-0.1, -0.05) is 32.0 Å². The van der Waals surface area contributed by atoms with Crippen molar-refractivity contribution in [1.29, 1.82) is 0 Å². The minimum Gasteiger partial charge on any atom is -0.497 e. The first kappa shape index (κ1) is 24.7. The molecule has 0 spiro atoms. The Morgan fingerprint density at radius 2 is 1.77 bits per heavy atom. The van der Waals surface area contributed by atoms with Crippen LogP contribution in [0.3, 0.4) is 0 Å². The molecule has 0 fully saturated rings. The van der Waals surface area contributed by atoms with E-state index in [-0.39, 0.29) is 11.8 Å². The summed E-state index contributed by atoms with van der Waals surface area (Å²) in [6, 6.07) is 12.1. The Morgan fingerprint density at radius 1 is 1.00 bits per heavy atom. The summed E-state index contributed by atoms with van der Waals surface area (Å²) < 4.78 is 16.4. The van der Waals surface area contributed by atoms with Crippen LogP contribution in [0.2, 0.25) is 0 Å². The zero-order valence-corrected chi connectivity index (χ0v) is 19.8. The van der Waals surface area contributed by atoms with Gasteiger partial charge in [-0.25, -0.2) is 0 Å². The van der Waals surface area contributed by atoms with Crippen LogP contribution in [0.4, 0.5) is 0 Å². The van der Waals surface area contributed by atoms with Crippen LogP contribution < -0.4 is 14.2 Å². The third-order valence-electron chi connectivity index (χ3n) is 5.73. The lowest BCUT2D eigenvalue weighted by atomic mass is 9.86. The molecular weight excluding hydrogens is 390 g/mol. The number of hydrogen-bond acceptors (Lipinski definition) is 5. The number of benzene rings is 2. The molecule has 1 atom stereocenters. The normalized spacial score (nSPS) is 12.1. The molecule has 0 aromatic heterocycles. The lowest BCUT2D eigenvalue weighted by Gasteiger charge is -2.23. The van der Waals surface area contributed by atoms with E-state index in [9.17, 15) is 4.79 Å². The number of ether oxygens (including phenoxy) is 3. The maximum Gasteiger partial charge on any atom is 0.164 e. The minimum absolute atomic E-state index is 0.149. The molecule has 0 amide bonds. The standard InChI is InChI=1S/C26H37NO4/c1-19(2)25-23(12-13-24(30-5)26(25)31-6)21(18-28)10-8-15-27(3)16-14-20-9-7-11-22(17-20)29-4/h7,9,11-13,17-19,21H,8,10,14-16H2,1-6H3/t21-/m1/s1. The highest BCUT2D eigenvalue weighted by Gasteiger charge is 2.23. The van der Waals surface area contributed by atoms with Gasteiger partial charge in [0.05, 0.1) is 21.3 Å². The average Bonchev–Trinajstić information content (AvgIpc) is 2.79. The fourth-order valence-electron chi connectivity index (χ4n) is 4.02. The second-order valence-corrected chi connectivity index (χ2v) is 8.25. The third-order valence-corrected chi connectivity index (χ3v) is 5.73. The molecule has 0 saturated carbocycles. The van der Waals surface area contributed by atoms with Gasteiger partial charge in [0.1, 0.15) is 12.0 Å². The molecule has 2 rings (SSSR count). The van der Waals surface area contributed by atoms with Crippen molar-refractivity contribution in [3.63, 3.8) is 0 Å². The zero-order valence-electron chi connectivity index (χ0n) is 19.8. The number of methoxy groups -OCH3 is 3. The predicted molar refractivity (Wildman–Crippen MR) is 126 cm³/mol. The molecule has 5 heteroatoms. The molecule has 2 aromatic rings. The summed E-state index contributed by atoms with van der Waals surface area (Å²) in [5, 5.41) is 0. The molecule has 0 aliphatic heterocycles. The van der Waals surface area contributed by atoms with Crippen LogP contribution in [-0.4, -0.2) is 52.7 Å². The lowest BCUT2D eigenvalue weighted by Crippen LogP contribution is -2.23. The Kier molecular flexibility index (Phi) is 9.86. The summed E-state index contributed by atoms with van der Waals surface area (Å²) in [6.45, 7) is 6.15. The van der Waals surface area contributed by atoms with Crippen LogP contribution in [-0.2, 0) is 11.2 Å². The number of nitrogens with zero attached hydrogens (tertiary/aromatic N) is 1. The van der Waals surface area contributed by atoms with Gasteiger partial charge in [0, 0.05) is 18.0 Å². The van der Waals surface area contributed by atoms with Crippen LogP contribution in [0.15, 0.2) is 36.4 Å². The first-order valence-corrected chi connectivity index (χ1v) is 11.0. The SMILES string of the molecule is COc1cccc(CCN(C)CCC[C@H](C=O)c2ccc(OC)c(OC)c2C(C)C)c1. The third kappa shape index (κ3) is 6.73. The molecule has 0 heterocycles. The maximum atomic E-state index is 12.0. The quantitative estimate of drug-likeness (QED) is 0.418. The van der Waals surface area contributed by atoms with Gasteiger partial charge in [0.2, 0.25) is 0 Å². The van der Waals surface area contributed by atoms with Gasteiger partial charge in [-0.2, -0.15) is 0 Å². The largest absolute Gasteiger partial charge is 0.497 e. The van der Waals surface area contributed by atoms with Crippen molar-refractivity contribution >= 4 is 6.29 Å². The van der Waals surface area contributed by atoms with Crippen LogP contribution >= 0.6 is 0 Å². The minimum atomic E-state index is -0.149. The summed E-state index contributed by atoms with van der Waals surface area (Å²) in [6.07, 6.45) is 3.80. The topological polar surface area (TPSA) is 48.0 Å². The fourth-order valence-corrected chi connectivity index (χ4v) is 4.02. The van der Waals surface area contributed by atoms with Crippen molar-refractivity contribution < 1.29 is 19.0 Å². The number of carbonyl (C=O) groups is 1. The highest BCUT2D eigenvalue weighted by atomic mass is 16.5. The Labute approximate surface area is 187 Å². The molecule has 0 aliphatic carbocycles. The monoisotopic (exact) mass is 427 g/mol. The summed E-state index contributed by atoms with van der Waals surface area (Å²) >= 11 is 0. The van der Waals surface area contributed by atoms with E-state index < -0.39 is 0 Å². The highest BCUT2D eigenvalue weighted by molar-refractivity contribution is 5.66. The Balaban J connectivity index is 1.98. The van der Waals surface area contributed by atoms with Crippen LogP contribution in [0.25, 0.3) is 0 Å². The molecule has 0 bridgehead atoms. The van der Waals surface area contributed by atoms with Gasteiger partial charge < -0.3 is 23.9 Å².